The maximum atomic E-state index is 4.81. The van der Waals surface area contributed by atoms with Gasteiger partial charge in [0.15, 0.2) is 0 Å². The van der Waals surface area contributed by atoms with Crippen LogP contribution >= 0.6 is 0 Å². The monoisotopic (exact) mass is 262 g/mol. The van der Waals surface area contributed by atoms with E-state index < -0.39 is 0 Å². The third-order valence-corrected chi connectivity index (χ3v) is 3.46. The Labute approximate surface area is 119 Å². The van der Waals surface area contributed by atoms with Gasteiger partial charge in [-0.1, -0.05) is 61.5 Å². The number of fused-ring (bicyclic) bond motifs is 1. The first-order valence-electron chi connectivity index (χ1n) is 7.02. The normalized spacial score (nSPS) is 12.4. The van der Waals surface area contributed by atoms with Gasteiger partial charge in [-0.05, 0) is 24.2 Å². The summed E-state index contributed by atoms with van der Waals surface area (Å²) in [7, 11) is 0. The first-order valence-corrected chi connectivity index (χ1v) is 7.02. The quantitative estimate of drug-likeness (QED) is 0.770. The van der Waals surface area contributed by atoms with Crippen LogP contribution in [-0.2, 0) is 0 Å². The highest BCUT2D eigenvalue weighted by Gasteiger charge is 2.14. The molecule has 100 valence electrons. The van der Waals surface area contributed by atoms with Gasteiger partial charge >= 0.3 is 0 Å². The lowest BCUT2D eigenvalue weighted by molar-refractivity contribution is 0.617. The Balaban J connectivity index is 2.05. The largest absolute Gasteiger partial charge is 0.305 e. The average molecular weight is 262 g/mol. The Morgan fingerprint density at radius 2 is 1.65 bits per heavy atom. The number of hydrogen-bond donors (Lipinski definition) is 1. The van der Waals surface area contributed by atoms with Crippen LogP contribution in [0.2, 0.25) is 0 Å². The molecule has 0 bridgehead atoms. The summed E-state index contributed by atoms with van der Waals surface area (Å²) in [5.41, 5.74) is 3.36. The van der Waals surface area contributed by atoms with Crippen molar-refractivity contribution in [3.8, 4) is 0 Å². The Bertz CT molecular complexity index is 692. The molecule has 0 fully saturated rings. The number of rotatable bonds is 4. The summed E-state index contributed by atoms with van der Waals surface area (Å²) in [6.45, 7) is 3.03. The maximum absolute atomic E-state index is 4.81. The molecule has 0 saturated carbocycles. The second-order valence-corrected chi connectivity index (χ2v) is 4.83. The fraction of sp³-hybridized carbons (Fsp3) is 0.167. The number of nitrogens with one attached hydrogen (secondary N) is 1. The molecule has 20 heavy (non-hydrogen) atoms. The van der Waals surface area contributed by atoms with Crippen LogP contribution < -0.4 is 5.32 Å². The molecule has 3 rings (SSSR count). The smallest absolute Gasteiger partial charge is 0.0751 e. The minimum Gasteiger partial charge on any atom is -0.305 e. The van der Waals surface area contributed by atoms with E-state index in [1.165, 1.54) is 10.9 Å². The molecular weight excluding hydrogens is 244 g/mol. The van der Waals surface area contributed by atoms with E-state index in [9.17, 15) is 0 Å². The zero-order chi connectivity index (χ0) is 13.8. The van der Waals surface area contributed by atoms with Crippen LogP contribution in [0.25, 0.3) is 10.9 Å². The molecular formula is C18H18N2. The van der Waals surface area contributed by atoms with Gasteiger partial charge in [0.1, 0.15) is 0 Å². The van der Waals surface area contributed by atoms with E-state index in [-0.39, 0.29) is 6.04 Å². The second kappa shape index (κ2) is 5.85. The van der Waals surface area contributed by atoms with Gasteiger partial charge in [-0.2, -0.15) is 0 Å². The van der Waals surface area contributed by atoms with Gasteiger partial charge in [0, 0.05) is 5.39 Å². The van der Waals surface area contributed by atoms with Gasteiger partial charge in [-0.25, -0.2) is 0 Å². The minimum absolute atomic E-state index is 0.144. The van der Waals surface area contributed by atoms with Crippen LogP contribution in [-0.4, -0.2) is 11.5 Å². The van der Waals surface area contributed by atoms with Crippen LogP contribution in [0.15, 0.2) is 66.7 Å². The van der Waals surface area contributed by atoms with Crippen LogP contribution in [0.3, 0.4) is 0 Å². The number of hydrogen-bond acceptors (Lipinski definition) is 2. The Hall–Kier alpha value is -2.19. The van der Waals surface area contributed by atoms with E-state index in [4.69, 9.17) is 4.98 Å². The van der Waals surface area contributed by atoms with E-state index in [1.54, 1.807) is 0 Å². The van der Waals surface area contributed by atoms with E-state index in [2.05, 4.69) is 60.8 Å². The molecule has 0 spiro atoms. The van der Waals surface area contributed by atoms with Crippen molar-refractivity contribution in [2.45, 2.75) is 13.0 Å². The Kier molecular flexibility index (Phi) is 3.75. The van der Waals surface area contributed by atoms with Crippen molar-refractivity contribution in [3.05, 3.63) is 78.0 Å². The first kappa shape index (κ1) is 12.8. The fourth-order valence-corrected chi connectivity index (χ4v) is 2.49. The number of para-hydroxylation sites is 1. The molecule has 1 heterocycles. The first-order chi connectivity index (χ1) is 9.88. The molecule has 2 aromatic carbocycles. The van der Waals surface area contributed by atoms with Crippen molar-refractivity contribution < 1.29 is 0 Å². The maximum Gasteiger partial charge on any atom is 0.0751 e. The van der Waals surface area contributed by atoms with Gasteiger partial charge in [0.2, 0.25) is 0 Å². The summed E-state index contributed by atoms with van der Waals surface area (Å²) < 4.78 is 0. The third kappa shape index (κ3) is 2.56. The highest BCUT2D eigenvalue weighted by atomic mass is 14.9. The number of pyridine rings is 1. The van der Waals surface area contributed by atoms with Crippen molar-refractivity contribution in [1.29, 1.82) is 0 Å². The van der Waals surface area contributed by atoms with E-state index in [1.807, 2.05) is 18.2 Å². The van der Waals surface area contributed by atoms with E-state index in [0.717, 1.165) is 17.8 Å². The zero-order valence-corrected chi connectivity index (χ0v) is 11.6. The van der Waals surface area contributed by atoms with Gasteiger partial charge in [0.05, 0.1) is 17.3 Å². The molecule has 1 N–H and O–H groups in total. The van der Waals surface area contributed by atoms with Gasteiger partial charge < -0.3 is 5.32 Å². The molecule has 2 heteroatoms. The summed E-state index contributed by atoms with van der Waals surface area (Å²) in [6, 6.07) is 23.1. The highest BCUT2D eigenvalue weighted by molar-refractivity contribution is 5.78. The van der Waals surface area contributed by atoms with Crippen molar-refractivity contribution in [2.24, 2.45) is 0 Å². The van der Waals surface area contributed by atoms with Crippen LogP contribution in [0.5, 0.6) is 0 Å². The molecule has 0 amide bonds. The molecule has 1 aromatic heterocycles. The lowest BCUT2D eigenvalue weighted by Crippen LogP contribution is -2.22. The van der Waals surface area contributed by atoms with Crippen LogP contribution in [0.4, 0.5) is 0 Å². The number of nitrogens with zero attached hydrogens (tertiary/aromatic N) is 1. The van der Waals surface area contributed by atoms with Crippen LogP contribution in [0, 0.1) is 0 Å². The molecule has 3 aromatic rings. The van der Waals surface area contributed by atoms with E-state index in [0.29, 0.717) is 0 Å². The average Bonchev–Trinajstić information content (AvgIpc) is 2.53. The Morgan fingerprint density at radius 3 is 2.45 bits per heavy atom. The zero-order valence-electron chi connectivity index (χ0n) is 11.6. The lowest BCUT2D eigenvalue weighted by atomic mass is 10.0. The molecule has 0 aliphatic rings. The minimum atomic E-state index is 0.144. The Morgan fingerprint density at radius 1 is 0.900 bits per heavy atom. The van der Waals surface area contributed by atoms with Gasteiger partial charge in [0.25, 0.3) is 0 Å². The molecule has 1 atom stereocenters. The third-order valence-electron chi connectivity index (χ3n) is 3.46. The highest BCUT2D eigenvalue weighted by Crippen LogP contribution is 2.22. The summed E-state index contributed by atoms with van der Waals surface area (Å²) in [5, 5.41) is 4.70. The molecule has 0 saturated heterocycles. The summed E-state index contributed by atoms with van der Waals surface area (Å²) >= 11 is 0. The van der Waals surface area contributed by atoms with Crippen molar-refractivity contribution in [1.82, 2.24) is 10.3 Å². The summed E-state index contributed by atoms with van der Waals surface area (Å²) in [5.74, 6) is 0. The number of benzene rings is 2. The number of aromatic nitrogens is 1. The molecule has 0 aliphatic carbocycles. The van der Waals surface area contributed by atoms with Crippen LogP contribution in [0.1, 0.15) is 24.2 Å². The predicted octanol–water partition coefficient (Wildman–Crippen LogP) is 3.93. The standard InChI is InChI=1S/C18H18N2/c1-2-19-18(15-9-4-3-5-10-15)17-13-12-14-8-6-7-11-16(14)20-17/h3-13,18-19H,2H2,1H3. The molecule has 2 nitrogen and oxygen atoms in total. The van der Waals surface area contributed by atoms with Crippen molar-refractivity contribution >= 4 is 10.9 Å². The topological polar surface area (TPSA) is 24.9 Å². The summed E-state index contributed by atoms with van der Waals surface area (Å²) in [4.78, 5) is 4.81. The second-order valence-electron chi connectivity index (χ2n) is 4.83. The lowest BCUT2D eigenvalue weighted by Gasteiger charge is -2.18. The fourth-order valence-electron chi connectivity index (χ4n) is 2.49. The van der Waals surface area contributed by atoms with E-state index >= 15 is 0 Å². The van der Waals surface area contributed by atoms with Crippen molar-refractivity contribution in [2.75, 3.05) is 6.54 Å². The molecule has 1 unspecified atom stereocenters. The SMILES string of the molecule is CCNC(c1ccccc1)c1ccc2ccccc2n1. The summed E-state index contributed by atoms with van der Waals surface area (Å²) in [6.07, 6.45) is 0. The van der Waals surface area contributed by atoms with Gasteiger partial charge in [-0.15, -0.1) is 0 Å². The predicted molar refractivity (Wildman–Crippen MR) is 83.7 cm³/mol. The van der Waals surface area contributed by atoms with Gasteiger partial charge in [-0.3, -0.25) is 4.98 Å². The molecule has 0 radical (unpaired) electrons. The molecule has 0 aliphatic heterocycles. The van der Waals surface area contributed by atoms with Crippen molar-refractivity contribution in [3.63, 3.8) is 0 Å².